The fraction of sp³-hybridized carbons (Fsp3) is 0.333. The molecule has 3 amide bonds. The van der Waals surface area contributed by atoms with E-state index >= 15 is 0 Å². The molecule has 2 aromatic rings. The minimum atomic E-state index is -0.315. The number of methoxy groups -OCH3 is 1. The van der Waals surface area contributed by atoms with Crippen LogP contribution in [0.25, 0.3) is 0 Å². The zero-order valence-electron chi connectivity index (χ0n) is 15.9. The topological polar surface area (TPSA) is 82.1 Å². The molecule has 2 fully saturated rings. The second kappa shape index (κ2) is 8.04. The van der Waals surface area contributed by atoms with Crippen LogP contribution in [0.4, 0.5) is 10.5 Å². The van der Waals surface area contributed by atoms with Gasteiger partial charge in [0.05, 0.1) is 25.8 Å². The van der Waals surface area contributed by atoms with Crippen molar-refractivity contribution in [3.8, 4) is 5.75 Å². The highest BCUT2D eigenvalue weighted by Crippen LogP contribution is 2.43. The number of piperazine rings is 1. The Labute approximate surface area is 177 Å². The molecule has 4 rings (SSSR count). The summed E-state index contributed by atoms with van der Waals surface area (Å²) in [7, 11) is 1.58. The highest BCUT2D eigenvalue weighted by molar-refractivity contribution is 9.10. The SMILES string of the molecule is COc1ccc(NC(=O)N2CC(=O)N3[C@H](CO)[C@@H](c4ccc(Br)cc4)[C@@H]3C2)cc1. The molecular formula is C21H22BrN3O4. The summed E-state index contributed by atoms with van der Waals surface area (Å²) in [6.45, 7) is 0.327. The van der Waals surface area contributed by atoms with Crippen LogP contribution in [-0.4, -0.2) is 65.7 Å². The molecule has 0 aliphatic carbocycles. The second-order valence-corrected chi connectivity index (χ2v) is 8.15. The number of aliphatic hydroxyl groups excluding tert-OH is 1. The van der Waals surface area contributed by atoms with Gasteiger partial charge in [-0.15, -0.1) is 0 Å². The number of aliphatic hydroxyl groups is 1. The van der Waals surface area contributed by atoms with E-state index in [4.69, 9.17) is 4.74 Å². The number of hydrogen-bond donors (Lipinski definition) is 2. The van der Waals surface area contributed by atoms with E-state index in [2.05, 4.69) is 21.2 Å². The van der Waals surface area contributed by atoms with Crippen LogP contribution in [-0.2, 0) is 4.79 Å². The maximum Gasteiger partial charge on any atom is 0.322 e. The molecule has 3 atom stereocenters. The number of fused-ring (bicyclic) bond motifs is 1. The van der Waals surface area contributed by atoms with Crippen LogP contribution in [0.15, 0.2) is 53.0 Å². The van der Waals surface area contributed by atoms with Gasteiger partial charge in [0.15, 0.2) is 0 Å². The Morgan fingerprint density at radius 2 is 1.90 bits per heavy atom. The van der Waals surface area contributed by atoms with E-state index in [9.17, 15) is 14.7 Å². The second-order valence-electron chi connectivity index (χ2n) is 7.23. The monoisotopic (exact) mass is 459 g/mol. The summed E-state index contributed by atoms with van der Waals surface area (Å²) in [5.41, 5.74) is 1.69. The number of ether oxygens (including phenoxy) is 1. The fourth-order valence-electron chi connectivity index (χ4n) is 4.22. The third kappa shape index (κ3) is 3.70. The van der Waals surface area contributed by atoms with Gasteiger partial charge in [0.1, 0.15) is 12.3 Å². The molecule has 2 saturated heterocycles. The van der Waals surface area contributed by atoms with Gasteiger partial charge >= 0.3 is 6.03 Å². The minimum absolute atomic E-state index is 0.00203. The normalized spacial score (nSPS) is 23.3. The third-order valence-electron chi connectivity index (χ3n) is 5.64. The summed E-state index contributed by atoms with van der Waals surface area (Å²) in [5.74, 6) is 0.556. The number of anilines is 1. The Kier molecular flexibility index (Phi) is 5.47. The number of nitrogens with one attached hydrogen (secondary N) is 1. The van der Waals surface area contributed by atoms with Gasteiger partial charge in [-0.2, -0.15) is 0 Å². The summed E-state index contributed by atoms with van der Waals surface area (Å²) in [5, 5.41) is 12.7. The Balaban J connectivity index is 1.49. The predicted molar refractivity (Wildman–Crippen MR) is 112 cm³/mol. The number of benzene rings is 2. The van der Waals surface area contributed by atoms with Gasteiger partial charge in [0, 0.05) is 22.6 Å². The number of hydrogen-bond acceptors (Lipinski definition) is 4. The lowest BCUT2D eigenvalue weighted by atomic mass is 9.74. The van der Waals surface area contributed by atoms with Gasteiger partial charge in [-0.3, -0.25) is 4.79 Å². The van der Waals surface area contributed by atoms with E-state index in [0.29, 0.717) is 18.0 Å². The fourth-order valence-corrected chi connectivity index (χ4v) is 4.48. The Morgan fingerprint density at radius 3 is 2.52 bits per heavy atom. The van der Waals surface area contributed by atoms with Gasteiger partial charge < -0.3 is 25.0 Å². The van der Waals surface area contributed by atoms with Gasteiger partial charge in [-0.05, 0) is 42.0 Å². The van der Waals surface area contributed by atoms with E-state index in [-0.39, 0.29) is 43.1 Å². The molecule has 2 heterocycles. The zero-order chi connectivity index (χ0) is 20.5. The molecule has 2 aliphatic heterocycles. The summed E-state index contributed by atoms with van der Waals surface area (Å²) in [4.78, 5) is 28.7. The number of amides is 3. The van der Waals surface area contributed by atoms with Crippen molar-refractivity contribution in [3.05, 3.63) is 58.6 Å². The van der Waals surface area contributed by atoms with Crippen molar-refractivity contribution in [2.24, 2.45) is 0 Å². The summed E-state index contributed by atoms with van der Waals surface area (Å²) in [6.07, 6.45) is 0. The average Bonchev–Trinajstić information content (AvgIpc) is 2.71. The molecule has 7 nitrogen and oxygen atoms in total. The quantitative estimate of drug-likeness (QED) is 0.736. The lowest BCUT2D eigenvalue weighted by Gasteiger charge is -2.58. The summed E-state index contributed by atoms with van der Waals surface area (Å²) >= 11 is 3.43. The molecule has 2 aromatic carbocycles. The largest absolute Gasteiger partial charge is 0.497 e. The lowest BCUT2D eigenvalue weighted by molar-refractivity contribution is -0.159. The van der Waals surface area contributed by atoms with Gasteiger partial charge in [0.2, 0.25) is 5.91 Å². The first-order chi connectivity index (χ1) is 14.0. The molecule has 0 saturated carbocycles. The van der Waals surface area contributed by atoms with Crippen molar-refractivity contribution in [2.75, 3.05) is 32.1 Å². The molecule has 0 spiro atoms. The molecule has 0 radical (unpaired) electrons. The minimum Gasteiger partial charge on any atom is -0.497 e. The first kappa shape index (κ1) is 19.7. The van der Waals surface area contributed by atoms with E-state index in [1.165, 1.54) is 4.90 Å². The molecule has 152 valence electrons. The van der Waals surface area contributed by atoms with E-state index in [0.717, 1.165) is 10.0 Å². The summed E-state index contributed by atoms with van der Waals surface area (Å²) < 4.78 is 6.09. The van der Waals surface area contributed by atoms with Gasteiger partial charge in [-0.25, -0.2) is 4.79 Å². The highest BCUT2D eigenvalue weighted by Gasteiger charge is 2.54. The molecule has 0 aromatic heterocycles. The molecule has 2 aliphatic rings. The Morgan fingerprint density at radius 1 is 1.21 bits per heavy atom. The van der Waals surface area contributed by atoms with Gasteiger partial charge in [0.25, 0.3) is 0 Å². The van der Waals surface area contributed by atoms with Crippen LogP contribution >= 0.6 is 15.9 Å². The van der Waals surface area contributed by atoms with E-state index < -0.39 is 0 Å². The van der Waals surface area contributed by atoms with Crippen LogP contribution < -0.4 is 10.1 Å². The number of urea groups is 1. The first-order valence-electron chi connectivity index (χ1n) is 9.39. The maximum atomic E-state index is 12.7. The van der Waals surface area contributed by atoms with Crippen LogP contribution in [0.3, 0.4) is 0 Å². The molecule has 0 unspecified atom stereocenters. The number of carbonyl (C=O) groups is 2. The maximum absolute atomic E-state index is 12.7. The standard InChI is InChI=1S/C21H22BrN3O4/c1-29-16-8-6-15(7-9-16)23-21(28)24-10-17-20(13-2-4-14(22)5-3-13)18(12-26)25(17)19(27)11-24/h2-9,17-18,20,26H,10-12H2,1H3,(H,23,28)/t17-,18+,20-/m0/s1. The molecule has 0 bridgehead atoms. The van der Waals surface area contributed by atoms with E-state index in [1.807, 2.05) is 24.3 Å². The molecule has 8 heteroatoms. The number of carbonyl (C=O) groups excluding carboxylic acids is 2. The van der Waals surface area contributed by atoms with Crippen molar-refractivity contribution >= 4 is 33.6 Å². The molecular weight excluding hydrogens is 438 g/mol. The number of halogens is 1. The Hall–Kier alpha value is -2.58. The lowest BCUT2D eigenvalue weighted by Crippen LogP contribution is -2.73. The van der Waals surface area contributed by atoms with Crippen LogP contribution in [0.1, 0.15) is 11.5 Å². The molecule has 2 N–H and O–H groups in total. The Bertz CT molecular complexity index is 903. The van der Waals surface area contributed by atoms with E-state index in [1.54, 1.807) is 36.3 Å². The van der Waals surface area contributed by atoms with Gasteiger partial charge in [-0.1, -0.05) is 28.1 Å². The number of rotatable bonds is 4. The van der Waals surface area contributed by atoms with Crippen LogP contribution in [0.2, 0.25) is 0 Å². The molecule has 29 heavy (non-hydrogen) atoms. The average molecular weight is 460 g/mol. The van der Waals surface area contributed by atoms with Crippen molar-refractivity contribution in [2.45, 2.75) is 18.0 Å². The smallest absolute Gasteiger partial charge is 0.322 e. The van der Waals surface area contributed by atoms with Crippen molar-refractivity contribution in [1.29, 1.82) is 0 Å². The predicted octanol–water partition coefficient (Wildman–Crippen LogP) is 2.66. The van der Waals surface area contributed by atoms with Crippen LogP contribution in [0, 0.1) is 0 Å². The van der Waals surface area contributed by atoms with Crippen molar-refractivity contribution in [1.82, 2.24) is 9.80 Å². The summed E-state index contributed by atoms with van der Waals surface area (Å²) in [6, 6.07) is 14.2. The highest BCUT2D eigenvalue weighted by atomic mass is 79.9. The van der Waals surface area contributed by atoms with Crippen molar-refractivity contribution < 1.29 is 19.4 Å². The zero-order valence-corrected chi connectivity index (χ0v) is 17.5. The first-order valence-corrected chi connectivity index (χ1v) is 10.2. The number of nitrogens with zero attached hydrogens (tertiary/aromatic N) is 2. The van der Waals surface area contributed by atoms with Crippen LogP contribution in [0.5, 0.6) is 5.75 Å². The van der Waals surface area contributed by atoms with Crippen molar-refractivity contribution in [3.63, 3.8) is 0 Å². The third-order valence-corrected chi connectivity index (χ3v) is 6.16.